The number of rotatable bonds is 6. The Morgan fingerprint density at radius 3 is 2.88 bits per heavy atom. The molecule has 1 amide bonds. The van der Waals surface area contributed by atoms with Crippen LogP contribution in [0.2, 0.25) is 10.0 Å². The number of nitrogens with zero attached hydrogens (tertiary/aromatic N) is 1. The maximum atomic E-state index is 11.8. The van der Waals surface area contributed by atoms with Crippen LogP contribution in [0.3, 0.4) is 0 Å². The summed E-state index contributed by atoms with van der Waals surface area (Å²) in [6.45, 7) is -0.114. The molecule has 0 saturated heterocycles. The van der Waals surface area contributed by atoms with Gasteiger partial charge in [0.2, 0.25) is 12.5 Å². The van der Waals surface area contributed by atoms with Crippen molar-refractivity contribution in [2.24, 2.45) is 5.10 Å². The second kappa shape index (κ2) is 8.16. The Labute approximate surface area is 159 Å². The maximum Gasteiger partial charge on any atom is 0.277 e. The molecule has 0 saturated carbocycles. The molecule has 1 heterocycles. The van der Waals surface area contributed by atoms with Crippen LogP contribution in [0.1, 0.15) is 5.56 Å². The number of nitrogens with one attached hydrogen (secondary N) is 1. The van der Waals surface area contributed by atoms with E-state index in [0.29, 0.717) is 38.6 Å². The first kappa shape index (κ1) is 18.2. The van der Waals surface area contributed by atoms with Gasteiger partial charge in [-0.05, 0) is 30.3 Å². The fraction of sp³-hybridized carbons (Fsp3) is 0.176. The topological polar surface area (TPSA) is 78.4 Å². The molecule has 2 aromatic carbocycles. The molecule has 0 aromatic heterocycles. The highest BCUT2D eigenvalue weighted by atomic mass is 35.5. The van der Waals surface area contributed by atoms with Crippen molar-refractivity contribution >= 4 is 35.3 Å². The Morgan fingerprint density at radius 1 is 1.27 bits per heavy atom. The number of hydrazone groups is 1. The third-order valence-corrected chi connectivity index (χ3v) is 3.87. The highest BCUT2D eigenvalue weighted by Gasteiger charge is 2.19. The van der Waals surface area contributed by atoms with Gasteiger partial charge in [0.05, 0.1) is 18.3 Å². The van der Waals surface area contributed by atoms with Crippen molar-refractivity contribution in [2.45, 2.75) is 0 Å². The molecule has 0 unspecified atom stereocenters. The minimum atomic E-state index is -0.444. The van der Waals surface area contributed by atoms with E-state index in [1.807, 2.05) is 0 Å². The predicted molar refractivity (Wildman–Crippen MR) is 96.8 cm³/mol. The summed E-state index contributed by atoms with van der Waals surface area (Å²) in [5.41, 5.74) is 3.04. The second-order valence-corrected chi connectivity index (χ2v) is 5.96. The molecule has 136 valence electrons. The van der Waals surface area contributed by atoms with E-state index in [-0.39, 0.29) is 13.4 Å². The lowest BCUT2D eigenvalue weighted by Crippen LogP contribution is -2.24. The molecule has 2 aromatic rings. The molecule has 3 rings (SSSR count). The fourth-order valence-electron chi connectivity index (χ4n) is 2.17. The normalized spacial score (nSPS) is 12.3. The van der Waals surface area contributed by atoms with Crippen molar-refractivity contribution in [1.82, 2.24) is 5.43 Å². The van der Waals surface area contributed by atoms with Crippen LogP contribution in [-0.4, -0.2) is 32.6 Å². The van der Waals surface area contributed by atoms with E-state index in [2.05, 4.69) is 10.5 Å². The molecule has 0 spiro atoms. The summed E-state index contributed by atoms with van der Waals surface area (Å²) in [5.74, 6) is 1.53. The number of carbonyl (C=O) groups excluding carboxylic acids is 1. The largest absolute Gasteiger partial charge is 0.493 e. The van der Waals surface area contributed by atoms with Gasteiger partial charge in [-0.2, -0.15) is 5.10 Å². The van der Waals surface area contributed by atoms with Gasteiger partial charge in [0.15, 0.2) is 18.1 Å². The standard InChI is InChI=1S/C17H14Cl2N2O5/c1-23-14-4-10(5-15-17(14)26-9-25-15)7-20-21-16(22)8-24-13-3-2-11(18)6-12(13)19/h2-7H,8-9H2,1H3,(H,21,22)/b20-7-. The SMILES string of the molecule is COc1cc(/C=N\NC(=O)COc2ccc(Cl)cc2Cl)cc2c1OCO2. The van der Waals surface area contributed by atoms with E-state index in [1.165, 1.54) is 19.4 Å². The molecule has 7 nitrogen and oxygen atoms in total. The van der Waals surface area contributed by atoms with Crippen molar-refractivity contribution in [3.8, 4) is 23.0 Å². The predicted octanol–water partition coefficient (Wildman–Crippen LogP) is 3.26. The van der Waals surface area contributed by atoms with Gasteiger partial charge in [0.25, 0.3) is 5.91 Å². The number of carbonyl (C=O) groups is 1. The number of benzene rings is 2. The molecule has 0 radical (unpaired) electrons. The highest BCUT2D eigenvalue weighted by Crippen LogP contribution is 2.41. The highest BCUT2D eigenvalue weighted by molar-refractivity contribution is 6.35. The number of ether oxygens (including phenoxy) is 4. The van der Waals surface area contributed by atoms with Crippen LogP contribution in [0.25, 0.3) is 0 Å². The number of fused-ring (bicyclic) bond motifs is 1. The van der Waals surface area contributed by atoms with Gasteiger partial charge in [-0.15, -0.1) is 0 Å². The minimum absolute atomic E-state index is 0.133. The molecule has 26 heavy (non-hydrogen) atoms. The molecule has 0 atom stereocenters. The lowest BCUT2D eigenvalue weighted by Gasteiger charge is -2.07. The van der Waals surface area contributed by atoms with Gasteiger partial charge in [-0.1, -0.05) is 23.2 Å². The lowest BCUT2D eigenvalue weighted by atomic mass is 10.2. The van der Waals surface area contributed by atoms with Gasteiger partial charge in [0, 0.05) is 10.6 Å². The van der Waals surface area contributed by atoms with Crippen molar-refractivity contribution in [2.75, 3.05) is 20.5 Å². The average Bonchev–Trinajstić information content (AvgIpc) is 3.09. The van der Waals surface area contributed by atoms with E-state index in [4.69, 9.17) is 42.1 Å². The summed E-state index contributed by atoms with van der Waals surface area (Å²) in [6, 6.07) is 8.17. The summed E-state index contributed by atoms with van der Waals surface area (Å²) in [6.07, 6.45) is 1.46. The van der Waals surface area contributed by atoms with Gasteiger partial charge < -0.3 is 18.9 Å². The Morgan fingerprint density at radius 2 is 2.12 bits per heavy atom. The first-order valence-electron chi connectivity index (χ1n) is 7.44. The Hall–Kier alpha value is -2.64. The summed E-state index contributed by atoms with van der Waals surface area (Å²) in [7, 11) is 1.53. The number of amides is 1. The first-order valence-corrected chi connectivity index (χ1v) is 8.20. The quantitative estimate of drug-likeness (QED) is 0.598. The average molecular weight is 397 g/mol. The molecule has 1 aliphatic heterocycles. The van der Waals surface area contributed by atoms with Crippen LogP contribution in [0.4, 0.5) is 0 Å². The monoisotopic (exact) mass is 396 g/mol. The van der Waals surface area contributed by atoms with Crippen molar-refractivity contribution in [3.63, 3.8) is 0 Å². The van der Waals surface area contributed by atoms with Gasteiger partial charge in [-0.25, -0.2) is 5.43 Å². The van der Waals surface area contributed by atoms with Gasteiger partial charge in [0.1, 0.15) is 5.75 Å². The molecule has 0 bridgehead atoms. The summed E-state index contributed by atoms with van der Waals surface area (Å²) >= 11 is 11.8. The second-order valence-electron chi connectivity index (χ2n) is 5.11. The summed E-state index contributed by atoms with van der Waals surface area (Å²) in [4.78, 5) is 11.8. The number of hydrogen-bond acceptors (Lipinski definition) is 6. The molecule has 1 aliphatic rings. The molecule has 0 aliphatic carbocycles. The Kier molecular flexibility index (Phi) is 5.70. The smallest absolute Gasteiger partial charge is 0.277 e. The number of methoxy groups -OCH3 is 1. The molecule has 0 fully saturated rings. The molecular weight excluding hydrogens is 383 g/mol. The zero-order valence-electron chi connectivity index (χ0n) is 13.6. The number of hydrogen-bond donors (Lipinski definition) is 1. The number of halogens is 2. The van der Waals surface area contributed by atoms with E-state index in [9.17, 15) is 4.79 Å². The van der Waals surface area contributed by atoms with E-state index >= 15 is 0 Å². The van der Waals surface area contributed by atoms with Crippen LogP contribution < -0.4 is 24.4 Å². The van der Waals surface area contributed by atoms with E-state index in [0.717, 1.165) is 0 Å². The maximum absolute atomic E-state index is 11.8. The van der Waals surface area contributed by atoms with Crippen LogP contribution in [0, 0.1) is 0 Å². The van der Waals surface area contributed by atoms with Crippen LogP contribution in [0.5, 0.6) is 23.0 Å². The van der Waals surface area contributed by atoms with Crippen molar-refractivity contribution in [1.29, 1.82) is 0 Å². The van der Waals surface area contributed by atoms with E-state index < -0.39 is 5.91 Å². The molecule has 9 heteroatoms. The van der Waals surface area contributed by atoms with Gasteiger partial charge >= 0.3 is 0 Å². The zero-order chi connectivity index (χ0) is 18.5. The first-order chi connectivity index (χ1) is 12.6. The summed E-state index contributed by atoms with van der Waals surface area (Å²) in [5, 5.41) is 4.68. The van der Waals surface area contributed by atoms with Gasteiger partial charge in [-0.3, -0.25) is 4.79 Å². The third kappa shape index (κ3) is 4.30. The minimum Gasteiger partial charge on any atom is -0.493 e. The van der Waals surface area contributed by atoms with Crippen LogP contribution in [-0.2, 0) is 4.79 Å². The van der Waals surface area contributed by atoms with Crippen LogP contribution in [0.15, 0.2) is 35.4 Å². The fourth-order valence-corrected chi connectivity index (χ4v) is 2.63. The lowest BCUT2D eigenvalue weighted by molar-refractivity contribution is -0.123. The Bertz CT molecular complexity index is 857. The van der Waals surface area contributed by atoms with Crippen molar-refractivity contribution in [3.05, 3.63) is 45.9 Å². The zero-order valence-corrected chi connectivity index (χ0v) is 15.1. The molecule has 1 N–H and O–H groups in total. The van der Waals surface area contributed by atoms with Crippen molar-refractivity contribution < 1.29 is 23.7 Å². The Balaban J connectivity index is 1.56. The third-order valence-electron chi connectivity index (χ3n) is 3.34. The summed E-state index contributed by atoms with van der Waals surface area (Å²) < 4.78 is 21.2. The molecular formula is C17H14Cl2N2O5. The van der Waals surface area contributed by atoms with Crippen LogP contribution >= 0.6 is 23.2 Å². The van der Waals surface area contributed by atoms with E-state index in [1.54, 1.807) is 24.3 Å².